The maximum atomic E-state index is 12.0. The first kappa shape index (κ1) is 15.5. The Kier molecular flexibility index (Phi) is 4.30. The number of anilines is 1. The number of carbonyl (C=O) groups excluding carboxylic acids is 1. The number of ether oxygens (including phenoxy) is 1. The molecule has 118 valence electrons. The molecule has 0 fully saturated rings. The van der Waals surface area contributed by atoms with Crippen LogP contribution in [-0.4, -0.2) is 17.5 Å². The molecule has 0 bridgehead atoms. The zero-order valence-electron chi connectivity index (χ0n) is 13.3. The molecular weight excluding hydrogens is 308 g/mol. The van der Waals surface area contributed by atoms with E-state index in [1.54, 1.807) is 0 Å². The van der Waals surface area contributed by atoms with Gasteiger partial charge < -0.3 is 4.74 Å². The number of benzene rings is 2. The van der Waals surface area contributed by atoms with Crippen molar-refractivity contribution >= 4 is 32.6 Å². The Hall–Kier alpha value is -2.40. The molecule has 4 nitrogen and oxygen atoms in total. The Labute approximate surface area is 139 Å². The summed E-state index contributed by atoms with van der Waals surface area (Å²) >= 11 is 1.47. The molecule has 1 N–H and O–H groups in total. The van der Waals surface area contributed by atoms with Crippen molar-refractivity contribution in [1.82, 2.24) is 4.98 Å². The van der Waals surface area contributed by atoms with Crippen molar-refractivity contribution in [3.05, 3.63) is 53.1 Å². The van der Waals surface area contributed by atoms with Gasteiger partial charge >= 0.3 is 0 Å². The number of thiazole rings is 1. The Balaban J connectivity index is 1.64. The summed E-state index contributed by atoms with van der Waals surface area (Å²) in [4.78, 5) is 16.4. The summed E-state index contributed by atoms with van der Waals surface area (Å²) in [6.45, 7) is 6.11. The minimum Gasteiger partial charge on any atom is -0.484 e. The molecule has 0 aliphatic rings. The van der Waals surface area contributed by atoms with Crippen molar-refractivity contribution in [1.29, 1.82) is 0 Å². The highest BCUT2D eigenvalue weighted by Gasteiger charge is 2.09. The summed E-state index contributed by atoms with van der Waals surface area (Å²) < 4.78 is 6.54. The molecule has 0 unspecified atom stereocenters. The van der Waals surface area contributed by atoms with Crippen LogP contribution in [0.25, 0.3) is 10.2 Å². The first-order valence-corrected chi connectivity index (χ1v) is 8.20. The number of carbonyl (C=O) groups is 1. The second kappa shape index (κ2) is 6.38. The fraction of sp³-hybridized carbons (Fsp3) is 0.222. The van der Waals surface area contributed by atoms with Crippen LogP contribution in [-0.2, 0) is 4.79 Å². The summed E-state index contributed by atoms with van der Waals surface area (Å²) in [5, 5.41) is 3.39. The van der Waals surface area contributed by atoms with Gasteiger partial charge in [0.25, 0.3) is 5.91 Å². The van der Waals surface area contributed by atoms with Gasteiger partial charge in [-0.1, -0.05) is 29.0 Å². The van der Waals surface area contributed by atoms with Crippen molar-refractivity contribution in [2.24, 2.45) is 0 Å². The molecule has 23 heavy (non-hydrogen) atoms. The Bertz CT molecular complexity index is 814. The second-order valence-corrected chi connectivity index (χ2v) is 6.60. The van der Waals surface area contributed by atoms with Crippen molar-refractivity contribution in [2.45, 2.75) is 20.8 Å². The molecular formula is C18H18N2O2S. The van der Waals surface area contributed by atoms with E-state index in [9.17, 15) is 4.79 Å². The number of nitrogens with one attached hydrogen (secondary N) is 1. The number of rotatable bonds is 4. The predicted octanol–water partition coefficient (Wildman–Crippen LogP) is 4.24. The third-order valence-electron chi connectivity index (χ3n) is 3.64. The van der Waals surface area contributed by atoms with Gasteiger partial charge in [0.15, 0.2) is 11.7 Å². The second-order valence-electron chi connectivity index (χ2n) is 5.57. The minimum absolute atomic E-state index is 0.0307. The van der Waals surface area contributed by atoms with Gasteiger partial charge in [-0.2, -0.15) is 0 Å². The number of hydrogen-bond donors (Lipinski definition) is 1. The lowest BCUT2D eigenvalue weighted by Crippen LogP contribution is -2.19. The van der Waals surface area contributed by atoms with E-state index in [1.165, 1.54) is 22.5 Å². The Morgan fingerprint density at radius 2 is 1.83 bits per heavy atom. The fourth-order valence-corrected chi connectivity index (χ4v) is 3.13. The van der Waals surface area contributed by atoms with Gasteiger partial charge in [-0.05, 0) is 56.2 Å². The summed E-state index contributed by atoms with van der Waals surface area (Å²) in [5.74, 6) is 0.472. The predicted molar refractivity (Wildman–Crippen MR) is 94.4 cm³/mol. The van der Waals surface area contributed by atoms with Gasteiger partial charge in [-0.15, -0.1) is 0 Å². The maximum Gasteiger partial charge on any atom is 0.264 e. The number of amides is 1. The molecule has 0 saturated heterocycles. The van der Waals surface area contributed by atoms with E-state index in [4.69, 9.17) is 4.74 Å². The molecule has 0 aliphatic carbocycles. The largest absolute Gasteiger partial charge is 0.484 e. The van der Waals surface area contributed by atoms with Crippen molar-refractivity contribution < 1.29 is 9.53 Å². The Morgan fingerprint density at radius 1 is 1.13 bits per heavy atom. The highest BCUT2D eigenvalue weighted by molar-refractivity contribution is 7.22. The molecule has 3 aromatic rings. The molecule has 2 aromatic carbocycles. The summed E-state index contributed by atoms with van der Waals surface area (Å²) in [6.07, 6.45) is 0. The molecule has 0 spiro atoms. The lowest BCUT2D eigenvalue weighted by molar-refractivity contribution is -0.118. The first-order chi connectivity index (χ1) is 11.0. The molecule has 1 amide bonds. The highest BCUT2D eigenvalue weighted by atomic mass is 32.1. The average Bonchev–Trinajstić information content (AvgIpc) is 2.88. The number of nitrogens with zero attached hydrogens (tertiary/aromatic N) is 1. The van der Waals surface area contributed by atoms with Crippen LogP contribution in [0.5, 0.6) is 5.75 Å². The maximum absolute atomic E-state index is 12.0. The number of hydrogen-bond acceptors (Lipinski definition) is 4. The van der Waals surface area contributed by atoms with E-state index in [0.717, 1.165) is 15.8 Å². The van der Waals surface area contributed by atoms with E-state index < -0.39 is 0 Å². The number of fused-ring (bicyclic) bond motifs is 1. The number of aryl methyl sites for hydroxylation is 3. The molecule has 3 rings (SSSR count). The molecule has 0 atom stereocenters. The normalized spacial score (nSPS) is 10.7. The monoisotopic (exact) mass is 326 g/mol. The standard InChI is InChI=1S/C18H18N2O2S/c1-11-4-6-14(7-5-11)22-10-17(21)20-18-19-15-8-12(2)13(3)9-16(15)23-18/h4-9H,10H2,1-3H3,(H,19,20,21). The van der Waals surface area contributed by atoms with Crippen molar-refractivity contribution in [2.75, 3.05) is 11.9 Å². The molecule has 0 radical (unpaired) electrons. The van der Waals surface area contributed by atoms with E-state index >= 15 is 0 Å². The van der Waals surface area contributed by atoms with Crippen LogP contribution in [0.1, 0.15) is 16.7 Å². The van der Waals surface area contributed by atoms with Gasteiger partial charge in [0.2, 0.25) is 0 Å². The van der Waals surface area contributed by atoms with Crippen LogP contribution in [0.2, 0.25) is 0 Å². The fourth-order valence-electron chi connectivity index (χ4n) is 2.17. The minimum atomic E-state index is -0.210. The van der Waals surface area contributed by atoms with Crippen LogP contribution >= 0.6 is 11.3 Å². The lowest BCUT2D eigenvalue weighted by Gasteiger charge is -2.05. The van der Waals surface area contributed by atoms with Crippen LogP contribution in [0.3, 0.4) is 0 Å². The van der Waals surface area contributed by atoms with Crippen LogP contribution in [0, 0.1) is 20.8 Å². The quantitative estimate of drug-likeness (QED) is 0.780. The molecule has 1 aromatic heterocycles. The van der Waals surface area contributed by atoms with Gasteiger partial charge in [-0.3, -0.25) is 10.1 Å². The Morgan fingerprint density at radius 3 is 2.57 bits per heavy atom. The van der Waals surface area contributed by atoms with Crippen LogP contribution in [0.4, 0.5) is 5.13 Å². The lowest BCUT2D eigenvalue weighted by atomic mass is 10.1. The van der Waals surface area contributed by atoms with E-state index in [-0.39, 0.29) is 12.5 Å². The summed E-state index contributed by atoms with van der Waals surface area (Å²) in [6, 6.07) is 11.7. The SMILES string of the molecule is Cc1ccc(OCC(=O)Nc2nc3cc(C)c(C)cc3s2)cc1. The zero-order valence-corrected chi connectivity index (χ0v) is 14.2. The van der Waals surface area contributed by atoms with Crippen LogP contribution < -0.4 is 10.1 Å². The average molecular weight is 326 g/mol. The van der Waals surface area contributed by atoms with E-state index in [1.807, 2.05) is 37.3 Å². The third kappa shape index (κ3) is 3.68. The van der Waals surface area contributed by atoms with Gasteiger partial charge in [0.1, 0.15) is 5.75 Å². The molecule has 1 heterocycles. The van der Waals surface area contributed by atoms with E-state index in [2.05, 4.69) is 30.2 Å². The van der Waals surface area contributed by atoms with Gasteiger partial charge in [0, 0.05) is 0 Å². The first-order valence-electron chi connectivity index (χ1n) is 7.38. The van der Waals surface area contributed by atoms with Crippen molar-refractivity contribution in [3.8, 4) is 5.75 Å². The van der Waals surface area contributed by atoms with Gasteiger partial charge in [0.05, 0.1) is 10.2 Å². The van der Waals surface area contributed by atoms with Gasteiger partial charge in [-0.25, -0.2) is 4.98 Å². The molecule has 5 heteroatoms. The molecule has 0 saturated carbocycles. The smallest absolute Gasteiger partial charge is 0.264 e. The highest BCUT2D eigenvalue weighted by Crippen LogP contribution is 2.28. The van der Waals surface area contributed by atoms with Crippen molar-refractivity contribution in [3.63, 3.8) is 0 Å². The molecule has 0 aliphatic heterocycles. The third-order valence-corrected chi connectivity index (χ3v) is 4.57. The van der Waals surface area contributed by atoms with E-state index in [0.29, 0.717) is 10.9 Å². The summed E-state index contributed by atoms with van der Waals surface area (Å²) in [7, 11) is 0. The topological polar surface area (TPSA) is 51.2 Å². The number of aromatic nitrogens is 1. The zero-order chi connectivity index (χ0) is 16.4. The van der Waals surface area contributed by atoms with Crippen LogP contribution in [0.15, 0.2) is 36.4 Å². The summed E-state index contributed by atoms with van der Waals surface area (Å²) in [5.41, 5.74) is 4.49.